The molecule has 0 aromatic heterocycles. The van der Waals surface area contributed by atoms with Gasteiger partial charge in [-0.05, 0) is 56.1 Å². The number of hydrogen-bond donors (Lipinski definition) is 1. The Hall–Kier alpha value is -1.66. The quantitative estimate of drug-likeness (QED) is 0.587. The van der Waals surface area contributed by atoms with E-state index in [4.69, 9.17) is 23.8 Å². The number of hydrogen-bond acceptors (Lipinski definition) is 4. The Kier molecular flexibility index (Phi) is 5.12. The summed E-state index contributed by atoms with van der Waals surface area (Å²) in [7, 11) is 0. The van der Waals surface area contributed by atoms with Gasteiger partial charge in [-0.2, -0.15) is 0 Å². The third-order valence-electron chi connectivity index (χ3n) is 6.66. The summed E-state index contributed by atoms with van der Waals surface area (Å²) in [5.41, 5.74) is 0.769. The third-order valence-corrected chi connectivity index (χ3v) is 7.31. The standard InChI is InChI=1S/C21H26ClN3O2S/c1-3-13(2)25-19(27)21(18(26)23-20(25)28)12-14-15(22)8-7-9-16(14)24-11-6-4-5-10-17(21)24/h7-9,13,17H,3-6,10-12H2,1-2H3,(H,23,26,28)/t13-,17-,21-/m1/s1. The molecule has 2 saturated heterocycles. The Bertz CT molecular complexity index is 845. The van der Waals surface area contributed by atoms with Gasteiger partial charge in [0.25, 0.3) is 0 Å². The molecular weight excluding hydrogens is 394 g/mol. The number of benzene rings is 1. The Labute approximate surface area is 176 Å². The summed E-state index contributed by atoms with van der Waals surface area (Å²) in [5.74, 6) is -0.442. The van der Waals surface area contributed by atoms with Gasteiger partial charge in [-0.25, -0.2) is 0 Å². The zero-order chi connectivity index (χ0) is 20.1. The Morgan fingerprint density at radius 3 is 2.86 bits per heavy atom. The molecular formula is C21H26ClN3O2S. The van der Waals surface area contributed by atoms with Crippen LogP contribution in [-0.4, -0.2) is 40.5 Å². The smallest absolute Gasteiger partial charge is 0.247 e. The number of halogens is 1. The highest BCUT2D eigenvalue weighted by atomic mass is 35.5. The van der Waals surface area contributed by atoms with Crippen molar-refractivity contribution in [3.05, 3.63) is 28.8 Å². The molecule has 0 unspecified atom stereocenters. The van der Waals surface area contributed by atoms with Gasteiger partial charge in [0.05, 0.1) is 6.04 Å². The van der Waals surface area contributed by atoms with Crippen LogP contribution >= 0.6 is 23.8 Å². The zero-order valence-electron chi connectivity index (χ0n) is 16.3. The van der Waals surface area contributed by atoms with Crippen LogP contribution < -0.4 is 10.2 Å². The van der Waals surface area contributed by atoms with Crippen molar-refractivity contribution < 1.29 is 9.59 Å². The fourth-order valence-electron chi connectivity index (χ4n) is 5.00. The largest absolute Gasteiger partial charge is 0.367 e. The minimum atomic E-state index is -1.19. The molecule has 1 aromatic rings. The predicted octanol–water partition coefficient (Wildman–Crippen LogP) is 3.67. The van der Waals surface area contributed by atoms with Crippen LogP contribution in [-0.2, 0) is 16.0 Å². The van der Waals surface area contributed by atoms with Gasteiger partial charge in [-0.1, -0.05) is 37.4 Å². The monoisotopic (exact) mass is 419 g/mol. The second-order valence-corrected chi connectivity index (χ2v) is 8.93. The number of carbonyl (C=O) groups is 2. The zero-order valence-corrected chi connectivity index (χ0v) is 17.9. The number of fused-ring (bicyclic) bond motifs is 4. The molecule has 7 heteroatoms. The van der Waals surface area contributed by atoms with E-state index in [-0.39, 0.29) is 29.0 Å². The maximum absolute atomic E-state index is 13.9. The summed E-state index contributed by atoms with van der Waals surface area (Å²) in [4.78, 5) is 31.2. The van der Waals surface area contributed by atoms with Crippen molar-refractivity contribution in [3.63, 3.8) is 0 Å². The summed E-state index contributed by atoms with van der Waals surface area (Å²) in [6.45, 7) is 4.83. The summed E-state index contributed by atoms with van der Waals surface area (Å²) in [5, 5.41) is 3.70. The van der Waals surface area contributed by atoms with Crippen molar-refractivity contribution in [2.24, 2.45) is 5.41 Å². The number of nitrogens with one attached hydrogen (secondary N) is 1. The number of anilines is 1. The SMILES string of the molecule is CC[C@@H](C)N1C(=O)[C@@]2(Cc3c(Cl)cccc3N3CCCCC[C@@H]32)C(=O)NC1=S. The maximum atomic E-state index is 13.9. The molecule has 1 aromatic carbocycles. The molecule has 3 heterocycles. The van der Waals surface area contributed by atoms with E-state index < -0.39 is 5.41 Å². The molecule has 1 N–H and O–H groups in total. The molecule has 0 bridgehead atoms. The summed E-state index contributed by atoms with van der Waals surface area (Å²) >= 11 is 11.9. The van der Waals surface area contributed by atoms with Gasteiger partial charge in [0.15, 0.2) is 10.5 Å². The van der Waals surface area contributed by atoms with Crippen LogP contribution in [0.2, 0.25) is 5.02 Å². The van der Waals surface area contributed by atoms with E-state index in [1.807, 2.05) is 26.0 Å². The van der Waals surface area contributed by atoms with Crippen LogP contribution in [0, 0.1) is 5.41 Å². The fraction of sp³-hybridized carbons (Fsp3) is 0.571. The first-order valence-electron chi connectivity index (χ1n) is 10.1. The van der Waals surface area contributed by atoms with Gasteiger partial charge < -0.3 is 10.2 Å². The molecule has 150 valence electrons. The lowest BCUT2D eigenvalue weighted by Gasteiger charge is -2.53. The predicted molar refractivity (Wildman–Crippen MR) is 115 cm³/mol. The van der Waals surface area contributed by atoms with E-state index in [0.29, 0.717) is 11.4 Å². The van der Waals surface area contributed by atoms with Crippen molar-refractivity contribution in [2.75, 3.05) is 11.4 Å². The van der Waals surface area contributed by atoms with Gasteiger partial charge in [-0.15, -0.1) is 0 Å². The van der Waals surface area contributed by atoms with Gasteiger partial charge in [0, 0.05) is 29.7 Å². The average molecular weight is 420 g/mol. The lowest BCUT2D eigenvalue weighted by Crippen LogP contribution is -2.73. The highest BCUT2D eigenvalue weighted by molar-refractivity contribution is 7.80. The van der Waals surface area contributed by atoms with E-state index in [2.05, 4.69) is 16.3 Å². The molecule has 0 aliphatic carbocycles. The highest BCUT2D eigenvalue weighted by Crippen LogP contribution is 2.49. The van der Waals surface area contributed by atoms with E-state index in [1.54, 1.807) is 4.90 Å². The molecule has 1 spiro atoms. The molecule has 2 fully saturated rings. The van der Waals surface area contributed by atoms with Crippen molar-refractivity contribution in [1.82, 2.24) is 10.2 Å². The first kappa shape index (κ1) is 19.6. The third kappa shape index (κ3) is 2.76. The topological polar surface area (TPSA) is 52.7 Å². The lowest BCUT2D eigenvalue weighted by molar-refractivity contribution is -0.153. The van der Waals surface area contributed by atoms with Crippen molar-refractivity contribution >= 4 is 46.4 Å². The van der Waals surface area contributed by atoms with Gasteiger partial charge in [-0.3, -0.25) is 14.5 Å². The molecule has 2 amide bonds. The number of amides is 2. The Morgan fingerprint density at radius 2 is 2.11 bits per heavy atom. The summed E-state index contributed by atoms with van der Waals surface area (Å²) in [6, 6.07) is 5.61. The van der Waals surface area contributed by atoms with Gasteiger partial charge >= 0.3 is 0 Å². The van der Waals surface area contributed by atoms with E-state index in [9.17, 15) is 9.59 Å². The van der Waals surface area contributed by atoms with Gasteiger partial charge in [0.1, 0.15) is 0 Å². The molecule has 3 aliphatic rings. The minimum absolute atomic E-state index is 0.0654. The molecule has 28 heavy (non-hydrogen) atoms. The highest BCUT2D eigenvalue weighted by Gasteiger charge is 2.61. The first-order chi connectivity index (χ1) is 13.4. The second kappa shape index (κ2) is 7.30. The lowest BCUT2D eigenvalue weighted by atomic mass is 9.67. The van der Waals surface area contributed by atoms with E-state index in [0.717, 1.165) is 49.9 Å². The number of nitrogens with zero attached hydrogens (tertiary/aromatic N) is 2. The van der Waals surface area contributed by atoms with Crippen LogP contribution in [0.1, 0.15) is 51.5 Å². The van der Waals surface area contributed by atoms with Crippen LogP contribution in [0.15, 0.2) is 18.2 Å². The fourth-order valence-corrected chi connectivity index (χ4v) is 5.59. The number of rotatable bonds is 2. The second-order valence-electron chi connectivity index (χ2n) is 8.14. The van der Waals surface area contributed by atoms with Crippen molar-refractivity contribution in [3.8, 4) is 0 Å². The summed E-state index contributed by atoms with van der Waals surface area (Å²) in [6.07, 6.45) is 5.05. The number of carbonyl (C=O) groups excluding carboxylic acids is 2. The number of thiocarbonyl (C=S) groups is 1. The normalized spacial score (nSPS) is 28.5. The van der Waals surface area contributed by atoms with Crippen LogP contribution in [0.5, 0.6) is 0 Å². The maximum Gasteiger partial charge on any atom is 0.247 e. The molecule has 0 radical (unpaired) electrons. The van der Waals surface area contributed by atoms with Crippen LogP contribution in [0.25, 0.3) is 0 Å². The average Bonchev–Trinajstić information content (AvgIpc) is 2.93. The molecule has 3 aliphatic heterocycles. The van der Waals surface area contributed by atoms with Crippen molar-refractivity contribution in [2.45, 2.75) is 64.5 Å². The first-order valence-corrected chi connectivity index (χ1v) is 10.9. The van der Waals surface area contributed by atoms with Crippen molar-refractivity contribution in [1.29, 1.82) is 0 Å². The van der Waals surface area contributed by atoms with Crippen LogP contribution in [0.3, 0.4) is 0 Å². The van der Waals surface area contributed by atoms with Gasteiger partial charge in [0.2, 0.25) is 11.8 Å². The minimum Gasteiger partial charge on any atom is -0.367 e. The molecule has 0 saturated carbocycles. The van der Waals surface area contributed by atoms with E-state index >= 15 is 0 Å². The van der Waals surface area contributed by atoms with E-state index in [1.165, 1.54) is 0 Å². The molecule has 3 atom stereocenters. The molecule has 4 rings (SSSR count). The van der Waals surface area contributed by atoms with Crippen LogP contribution in [0.4, 0.5) is 5.69 Å². The Morgan fingerprint density at radius 1 is 1.32 bits per heavy atom. The summed E-state index contributed by atoms with van der Waals surface area (Å²) < 4.78 is 0. The molecule has 5 nitrogen and oxygen atoms in total. The Balaban J connectivity index is 1.90.